The summed E-state index contributed by atoms with van der Waals surface area (Å²) in [7, 11) is 0. The molecule has 2 rings (SSSR count). The van der Waals surface area contributed by atoms with E-state index < -0.39 is 6.03 Å². The number of carbonyl (C=O) groups excluding carboxylic acids is 1. The lowest BCUT2D eigenvalue weighted by molar-refractivity contribution is 0.259. The quantitative estimate of drug-likeness (QED) is 0.659. The largest absolute Gasteiger partial charge is 0.351 e. The minimum Gasteiger partial charge on any atom is -0.351 e. The Hall–Kier alpha value is -2.30. The minimum absolute atomic E-state index is 0.536. The zero-order valence-electron chi connectivity index (χ0n) is 8.05. The van der Waals surface area contributed by atoms with Crippen LogP contribution in [0.5, 0.6) is 0 Å². The van der Waals surface area contributed by atoms with E-state index in [1.54, 1.807) is 24.5 Å². The van der Waals surface area contributed by atoms with Gasteiger partial charge < -0.3 is 11.1 Å². The van der Waals surface area contributed by atoms with Crippen molar-refractivity contribution in [3.05, 3.63) is 48.8 Å². The zero-order valence-corrected chi connectivity index (χ0v) is 8.05. The number of aromatic amines is 1. The fourth-order valence-corrected chi connectivity index (χ4v) is 0.879. The van der Waals surface area contributed by atoms with Gasteiger partial charge in [0.1, 0.15) is 0 Å². The molecule has 0 fully saturated rings. The number of nitrogens with zero attached hydrogens (tertiary/aromatic N) is 1. The Kier molecular flexibility index (Phi) is 4.45. The number of primary amides is 1. The Labute approximate surface area is 87.3 Å². The van der Waals surface area contributed by atoms with Crippen LogP contribution in [-0.2, 0) is 0 Å². The van der Waals surface area contributed by atoms with Gasteiger partial charge in [0.05, 0.1) is 0 Å². The molecular formula is C10H12N4O. The van der Waals surface area contributed by atoms with E-state index in [2.05, 4.69) is 15.5 Å². The number of anilines is 1. The van der Waals surface area contributed by atoms with Crippen LogP contribution in [0.15, 0.2) is 48.8 Å². The number of nitrogens with one attached hydrogen (secondary N) is 2. The van der Waals surface area contributed by atoms with Crippen molar-refractivity contribution < 1.29 is 4.79 Å². The highest BCUT2D eigenvalue weighted by molar-refractivity contribution is 5.87. The molecule has 0 bridgehead atoms. The molecule has 5 nitrogen and oxygen atoms in total. The molecule has 5 heteroatoms. The first-order valence-electron chi connectivity index (χ1n) is 4.34. The highest BCUT2D eigenvalue weighted by Gasteiger charge is 1.90. The fourth-order valence-electron chi connectivity index (χ4n) is 0.879. The van der Waals surface area contributed by atoms with Crippen molar-refractivity contribution in [3.63, 3.8) is 0 Å². The summed E-state index contributed by atoms with van der Waals surface area (Å²) in [5, 5.41) is 8.65. The summed E-state index contributed by atoms with van der Waals surface area (Å²) in [5.74, 6) is 0. The van der Waals surface area contributed by atoms with E-state index in [0.717, 1.165) is 5.69 Å². The van der Waals surface area contributed by atoms with Crippen LogP contribution in [0.25, 0.3) is 0 Å². The molecule has 0 spiro atoms. The number of carbonyl (C=O) groups is 1. The first-order valence-corrected chi connectivity index (χ1v) is 4.34. The molecule has 1 aromatic heterocycles. The molecule has 0 saturated carbocycles. The number of amides is 2. The number of benzene rings is 1. The molecule has 0 radical (unpaired) electrons. The van der Waals surface area contributed by atoms with Crippen molar-refractivity contribution >= 4 is 11.7 Å². The highest BCUT2D eigenvalue weighted by atomic mass is 16.2. The summed E-state index contributed by atoms with van der Waals surface area (Å²) in [6.07, 6.45) is 3.46. The number of hydrogen-bond donors (Lipinski definition) is 3. The normalized spacial score (nSPS) is 8.53. The number of urea groups is 1. The summed E-state index contributed by atoms with van der Waals surface area (Å²) in [4.78, 5) is 10.3. The van der Waals surface area contributed by atoms with E-state index in [-0.39, 0.29) is 0 Å². The second kappa shape index (κ2) is 6.20. The average Bonchev–Trinajstić information content (AvgIpc) is 2.76. The van der Waals surface area contributed by atoms with Gasteiger partial charge in [-0.05, 0) is 18.2 Å². The predicted molar refractivity (Wildman–Crippen MR) is 58.2 cm³/mol. The minimum atomic E-state index is -0.536. The molecule has 4 N–H and O–H groups in total. The number of rotatable bonds is 1. The summed E-state index contributed by atoms with van der Waals surface area (Å²) < 4.78 is 0. The number of hydrogen-bond acceptors (Lipinski definition) is 2. The van der Waals surface area contributed by atoms with Gasteiger partial charge in [0, 0.05) is 18.1 Å². The Morgan fingerprint density at radius 1 is 1.27 bits per heavy atom. The van der Waals surface area contributed by atoms with Gasteiger partial charge in [-0.3, -0.25) is 5.10 Å². The molecule has 0 aliphatic rings. The average molecular weight is 204 g/mol. The third-order valence-corrected chi connectivity index (χ3v) is 1.45. The van der Waals surface area contributed by atoms with Crippen molar-refractivity contribution in [2.24, 2.45) is 5.73 Å². The van der Waals surface area contributed by atoms with Gasteiger partial charge in [0.25, 0.3) is 0 Å². The zero-order chi connectivity index (χ0) is 10.9. The van der Waals surface area contributed by atoms with Gasteiger partial charge in [-0.25, -0.2) is 4.79 Å². The van der Waals surface area contributed by atoms with E-state index in [1.165, 1.54) is 0 Å². The van der Waals surface area contributed by atoms with Crippen LogP contribution < -0.4 is 11.1 Å². The topological polar surface area (TPSA) is 83.8 Å². The van der Waals surface area contributed by atoms with Crippen LogP contribution in [0.1, 0.15) is 0 Å². The van der Waals surface area contributed by atoms with Crippen molar-refractivity contribution in [2.75, 3.05) is 5.32 Å². The maximum Gasteiger partial charge on any atom is 0.316 e. The molecule has 0 unspecified atom stereocenters. The smallest absolute Gasteiger partial charge is 0.316 e. The molecule has 15 heavy (non-hydrogen) atoms. The third-order valence-electron chi connectivity index (χ3n) is 1.45. The summed E-state index contributed by atoms with van der Waals surface area (Å²) in [6, 6.07) is 10.4. The van der Waals surface area contributed by atoms with Crippen molar-refractivity contribution in [3.8, 4) is 0 Å². The molecular weight excluding hydrogens is 192 g/mol. The van der Waals surface area contributed by atoms with E-state index in [9.17, 15) is 4.79 Å². The number of aromatic nitrogens is 2. The van der Waals surface area contributed by atoms with Crippen LogP contribution in [0.3, 0.4) is 0 Å². The lowest BCUT2D eigenvalue weighted by Crippen LogP contribution is -2.18. The number of para-hydroxylation sites is 1. The monoisotopic (exact) mass is 204 g/mol. The van der Waals surface area contributed by atoms with Crippen LogP contribution >= 0.6 is 0 Å². The molecule has 0 saturated heterocycles. The maximum atomic E-state index is 10.3. The SMILES string of the molecule is NC(=O)Nc1ccccc1.c1cn[nH]c1. The second-order valence-electron chi connectivity index (χ2n) is 2.62. The standard InChI is InChI=1S/C7H8N2O.C3H4N2/c8-7(10)9-6-4-2-1-3-5-6;1-2-4-5-3-1/h1-5H,(H3,8,9,10);1-3H,(H,4,5). The fraction of sp³-hybridized carbons (Fsp3) is 0. The molecule has 0 aliphatic heterocycles. The van der Waals surface area contributed by atoms with Crippen LogP contribution in [0, 0.1) is 0 Å². The summed E-state index contributed by atoms with van der Waals surface area (Å²) >= 11 is 0. The first kappa shape index (κ1) is 10.8. The molecule has 0 atom stereocenters. The van der Waals surface area contributed by atoms with Gasteiger partial charge >= 0.3 is 6.03 Å². The molecule has 1 aromatic carbocycles. The van der Waals surface area contributed by atoms with E-state index >= 15 is 0 Å². The van der Waals surface area contributed by atoms with E-state index in [4.69, 9.17) is 5.73 Å². The highest BCUT2D eigenvalue weighted by Crippen LogP contribution is 2.03. The molecule has 0 aliphatic carbocycles. The Balaban J connectivity index is 0.000000187. The van der Waals surface area contributed by atoms with Gasteiger partial charge in [-0.2, -0.15) is 5.10 Å². The van der Waals surface area contributed by atoms with Gasteiger partial charge in [0.2, 0.25) is 0 Å². The van der Waals surface area contributed by atoms with Gasteiger partial charge in [0.15, 0.2) is 0 Å². The van der Waals surface area contributed by atoms with Gasteiger partial charge in [-0.15, -0.1) is 0 Å². The van der Waals surface area contributed by atoms with Crippen molar-refractivity contribution in [2.45, 2.75) is 0 Å². The van der Waals surface area contributed by atoms with E-state index in [0.29, 0.717) is 0 Å². The number of nitrogens with two attached hydrogens (primary N) is 1. The predicted octanol–water partition coefficient (Wildman–Crippen LogP) is 1.59. The first-order chi connectivity index (χ1) is 7.29. The maximum absolute atomic E-state index is 10.3. The van der Waals surface area contributed by atoms with Crippen molar-refractivity contribution in [1.29, 1.82) is 0 Å². The van der Waals surface area contributed by atoms with Crippen LogP contribution in [0.4, 0.5) is 10.5 Å². The Morgan fingerprint density at radius 2 is 2.00 bits per heavy atom. The number of H-pyrrole nitrogens is 1. The van der Waals surface area contributed by atoms with Crippen LogP contribution in [-0.4, -0.2) is 16.2 Å². The Morgan fingerprint density at radius 3 is 2.40 bits per heavy atom. The van der Waals surface area contributed by atoms with Crippen LogP contribution in [0.2, 0.25) is 0 Å². The second-order valence-corrected chi connectivity index (χ2v) is 2.62. The summed E-state index contributed by atoms with van der Waals surface area (Å²) in [5.41, 5.74) is 5.59. The molecule has 1 heterocycles. The molecule has 2 amide bonds. The van der Waals surface area contributed by atoms with E-state index in [1.807, 2.05) is 24.3 Å². The third kappa shape index (κ3) is 5.09. The lowest BCUT2D eigenvalue weighted by Gasteiger charge is -1.97. The Bertz CT molecular complexity index is 354. The molecule has 2 aromatic rings. The lowest BCUT2D eigenvalue weighted by atomic mass is 10.3. The molecule has 78 valence electrons. The van der Waals surface area contributed by atoms with Gasteiger partial charge in [-0.1, -0.05) is 18.2 Å². The summed E-state index contributed by atoms with van der Waals surface area (Å²) in [6.45, 7) is 0. The van der Waals surface area contributed by atoms with Crippen molar-refractivity contribution in [1.82, 2.24) is 10.2 Å².